The normalized spacial score (nSPS) is 10.8. The third-order valence-corrected chi connectivity index (χ3v) is 3.73. The van der Waals surface area contributed by atoms with Crippen molar-refractivity contribution in [2.75, 3.05) is 7.11 Å². The van der Waals surface area contributed by atoms with Crippen LogP contribution >= 0.6 is 0 Å². The summed E-state index contributed by atoms with van der Waals surface area (Å²) in [5.74, 6) is 0.921. The van der Waals surface area contributed by atoms with Crippen LogP contribution in [-0.2, 0) is 0 Å². The molecule has 3 nitrogen and oxygen atoms in total. The smallest absolute Gasteiger partial charge is 0.228 e. The lowest BCUT2D eigenvalue weighted by Crippen LogP contribution is -2.00. The maximum absolute atomic E-state index is 12.5. The number of carbonyl (C=O) groups excluding carboxylic acids is 1. The van der Waals surface area contributed by atoms with Gasteiger partial charge in [-0.25, -0.2) is 0 Å². The quantitative estimate of drug-likeness (QED) is 0.672. The molecule has 2 aromatic carbocycles. The van der Waals surface area contributed by atoms with Crippen LogP contribution in [0.1, 0.15) is 27.2 Å². The van der Waals surface area contributed by atoms with Gasteiger partial charge in [-0.1, -0.05) is 18.2 Å². The molecule has 0 fully saturated rings. The molecule has 106 valence electrons. The molecule has 0 saturated carbocycles. The van der Waals surface area contributed by atoms with Gasteiger partial charge in [0.2, 0.25) is 5.78 Å². The van der Waals surface area contributed by atoms with Crippen LogP contribution in [0, 0.1) is 13.8 Å². The third kappa shape index (κ3) is 2.31. The lowest BCUT2D eigenvalue weighted by atomic mass is 10.0. The zero-order valence-corrected chi connectivity index (χ0v) is 12.3. The van der Waals surface area contributed by atoms with Crippen molar-refractivity contribution in [1.29, 1.82) is 0 Å². The highest BCUT2D eigenvalue weighted by Gasteiger charge is 2.16. The van der Waals surface area contributed by atoms with Crippen molar-refractivity contribution < 1.29 is 13.9 Å². The average molecular weight is 280 g/mol. The van der Waals surface area contributed by atoms with Crippen LogP contribution in [0.2, 0.25) is 0 Å². The Morgan fingerprint density at radius 2 is 1.86 bits per heavy atom. The number of hydrogen-bond donors (Lipinski definition) is 0. The van der Waals surface area contributed by atoms with Gasteiger partial charge in [0.05, 0.1) is 12.5 Å². The van der Waals surface area contributed by atoms with E-state index in [0.29, 0.717) is 22.7 Å². The Bertz CT molecular complexity index is 828. The summed E-state index contributed by atoms with van der Waals surface area (Å²) >= 11 is 0. The Labute approximate surface area is 123 Å². The summed E-state index contributed by atoms with van der Waals surface area (Å²) in [5, 5.41) is 0.812. The second-order valence-corrected chi connectivity index (χ2v) is 5.11. The molecule has 3 aromatic rings. The highest BCUT2D eigenvalue weighted by atomic mass is 16.5. The van der Waals surface area contributed by atoms with Crippen LogP contribution in [0.5, 0.6) is 5.75 Å². The van der Waals surface area contributed by atoms with Gasteiger partial charge >= 0.3 is 0 Å². The van der Waals surface area contributed by atoms with Crippen LogP contribution in [-0.4, -0.2) is 12.9 Å². The van der Waals surface area contributed by atoms with E-state index in [-0.39, 0.29) is 5.78 Å². The molecular weight excluding hydrogens is 264 g/mol. The molecule has 0 N–H and O–H groups in total. The van der Waals surface area contributed by atoms with Crippen molar-refractivity contribution in [1.82, 2.24) is 0 Å². The number of ether oxygens (including phenoxy) is 1. The molecule has 0 aliphatic carbocycles. The molecule has 0 aliphatic heterocycles. The molecule has 1 heterocycles. The maximum atomic E-state index is 12.5. The summed E-state index contributed by atoms with van der Waals surface area (Å²) in [5.41, 5.74) is 3.55. The number of fused-ring (bicyclic) bond motifs is 1. The fourth-order valence-electron chi connectivity index (χ4n) is 2.35. The molecular formula is C18H16O3. The Balaban J connectivity index is 2.07. The van der Waals surface area contributed by atoms with Crippen molar-refractivity contribution in [3.63, 3.8) is 0 Å². The third-order valence-electron chi connectivity index (χ3n) is 3.73. The number of furan rings is 1. The van der Waals surface area contributed by atoms with Gasteiger partial charge in [0.1, 0.15) is 11.3 Å². The molecule has 0 atom stereocenters. The molecule has 0 aliphatic rings. The van der Waals surface area contributed by atoms with E-state index in [0.717, 1.165) is 16.5 Å². The van der Waals surface area contributed by atoms with Crippen LogP contribution in [0.25, 0.3) is 11.0 Å². The second kappa shape index (κ2) is 5.09. The molecule has 3 heteroatoms. The molecule has 3 rings (SSSR count). The van der Waals surface area contributed by atoms with E-state index in [2.05, 4.69) is 0 Å². The van der Waals surface area contributed by atoms with E-state index >= 15 is 0 Å². The van der Waals surface area contributed by atoms with Gasteiger partial charge in [-0.15, -0.1) is 0 Å². The van der Waals surface area contributed by atoms with E-state index in [1.54, 1.807) is 13.2 Å². The molecule has 21 heavy (non-hydrogen) atoms. The first kappa shape index (κ1) is 13.4. The van der Waals surface area contributed by atoms with Gasteiger partial charge in [-0.2, -0.15) is 0 Å². The van der Waals surface area contributed by atoms with Gasteiger partial charge in [0.15, 0.2) is 5.76 Å². The summed E-state index contributed by atoms with van der Waals surface area (Å²) in [7, 11) is 1.60. The van der Waals surface area contributed by atoms with Crippen molar-refractivity contribution in [3.05, 3.63) is 64.9 Å². The van der Waals surface area contributed by atoms with Crippen LogP contribution in [0.3, 0.4) is 0 Å². The van der Waals surface area contributed by atoms with Gasteiger partial charge in [-0.3, -0.25) is 4.79 Å². The number of hydrogen-bond acceptors (Lipinski definition) is 3. The van der Waals surface area contributed by atoms with Gasteiger partial charge in [-0.05, 0) is 49.2 Å². The van der Waals surface area contributed by atoms with Crippen molar-refractivity contribution in [3.8, 4) is 5.75 Å². The second-order valence-electron chi connectivity index (χ2n) is 5.11. The zero-order valence-electron chi connectivity index (χ0n) is 12.3. The lowest BCUT2D eigenvalue weighted by Gasteiger charge is -2.02. The Hall–Kier alpha value is -2.55. The van der Waals surface area contributed by atoms with Crippen LogP contribution in [0.15, 0.2) is 46.9 Å². The largest absolute Gasteiger partial charge is 0.496 e. The molecule has 0 bridgehead atoms. The summed E-state index contributed by atoms with van der Waals surface area (Å²) in [6.45, 7) is 4.02. The number of rotatable bonds is 3. The Morgan fingerprint density at radius 1 is 1.05 bits per heavy atom. The first-order chi connectivity index (χ1) is 10.1. The number of methoxy groups -OCH3 is 1. The van der Waals surface area contributed by atoms with E-state index < -0.39 is 0 Å². The molecule has 1 aromatic heterocycles. The SMILES string of the molecule is COc1cccc2oc(C(=O)c3ccc(C)c(C)c3)cc12. The number of ketones is 1. The summed E-state index contributed by atoms with van der Waals surface area (Å²) in [6, 6.07) is 12.9. The Kier molecular flexibility index (Phi) is 3.26. The highest BCUT2D eigenvalue weighted by Crippen LogP contribution is 2.29. The topological polar surface area (TPSA) is 39.4 Å². The highest BCUT2D eigenvalue weighted by molar-refractivity contribution is 6.09. The molecule has 0 radical (unpaired) electrons. The monoisotopic (exact) mass is 280 g/mol. The van der Waals surface area contributed by atoms with Gasteiger partial charge < -0.3 is 9.15 Å². The predicted octanol–water partition coefficient (Wildman–Crippen LogP) is 4.29. The summed E-state index contributed by atoms with van der Waals surface area (Å²) in [6.07, 6.45) is 0. The Morgan fingerprint density at radius 3 is 2.57 bits per heavy atom. The fourth-order valence-corrected chi connectivity index (χ4v) is 2.35. The lowest BCUT2D eigenvalue weighted by molar-refractivity contribution is 0.101. The number of benzene rings is 2. The molecule has 0 spiro atoms. The standard InChI is InChI=1S/C18H16O3/c1-11-7-8-13(9-12(11)2)18(19)17-10-14-15(20-3)5-4-6-16(14)21-17/h4-10H,1-3H3. The van der Waals surface area contributed by atoms with E-state index in [1.165, 1.54) is 0 Å². The minimum atomic E-state index is -0.114. The van der Waals surface area contributed by atoms with Crippen LogP contribution < -0.4 is 4.74 Å². The van der Waals surface area contributed by atoms with Gasteiger partial charge in [0, 0.05) is 5.56 Å². The minimum absolute atomic E-state index is 0.114. The number of carbonyl (C=O) groups is 1. The fraction of sp³-hybridized carbons (Fsp3) is 0.167. The van der Waals surface area contributed by atoms with Crippen molar-refractivity contribution in [2.45, 2.75) is 13.8 Å². The minimum Gasteiger partial charge on any atom is -0.496 e. The average Bonchev–Trinajstić information content (AvgIpc) is 2.93. The van der Waals surface area contributed by atoms with E-state index in [9.17, 15) is 4.79 Å². The van der Waals surface area contributed by atoms with Crippen molar-refractivity contribution in [2.24, 2.45) is 0 Å². The van der Waals surface area contributed by atoms with E-state index in [1.807, 2.05) is 50.2 Å². The zero-order chi connectivity index (χ0) is 15.0. The van der Waals surface area contributed by atoms with Crippen molar-refractivity contribution >= 4 is 16.8 Å². The molecule has 0 amide bonds. The molecule has 0 unspecified atom stereocenters. The number of aryl methyl sites for hydroxylation is 2. The van der Waals surface area contributed by atoms with E-state index in [4.69, 9.17) is 9.15 Å². The molecule has 0 saturated heterocycles. The first-order valence-electron chi connectivity index (χ1n) is 6.78. The maximum Gasteiger partial charge on any atom is 0.228 e. The first-order valence-corrected chi connectivity index (χ1v) is 6.78. The summed E-state index contributed by atoms with van der Waals surface area (Å²) in [4.78, 5) is 12.5. The summed E-state index contributed by atoms with van der Waals surface area (Å²) < 4.78 is 11.0. The van der Waals surface area contributed by atoms with Gasteiger partial charge in [0.25, 0.3) is 0 Å². The predicted molar refractivity (Wildman–Crippen MR) is 82.1 cm³/mol. The van der Waals surface area contributed by atoms with Crippen LogP contribution in [0.4, 0.5) is 0 Å².